The Morgan fingerprint density at radius 1 is 1.35 bits per heavy atom. The van der Waals surface area contributed by atoms with Crippen LogP contribution in [0.3, 0.4) is 0 Å². The zero-order chi connectivity index (χ0) is 13.1. The molecule has 0 saturated carbocycles. The minimum absolute atomic E-state index is 0.0755. The van der Waals surface area contributed by atoms with E-state index >= 15 is 0 Å². The van der Waals surface area contributed by atoms with E-state index in [0.29, 0.717) is 5.69 Å². The highest BCUT2D eigenvalue weighted by Crippen LogP contribution is 2.13. The van der Waals surface area contributed by atoms with Gasteiger partial charge in [0.15, 0.2) is 0 Å². The van der Waals surface area contributed by atoms with Crippen molar-refractivity contribution >= 4 is 5.91 Å². The average molecular weight is 230 g/mol. The summed E-state index contributed by atoms with van der Waals surface area (Å²) in [7, 11) is 1.78. The number of carbonyl (C=O) groups is 1. The Hall–Kier alpha value is -1.82. The number of rotatable bonds is 1. The smallest absolute Gasteiger partial charge is 0.272 e. The van der Waals surface area contributed by atoms with Gasteiger partial charge >= 0.3 is 0 Å². The summed E-state index contributed by atoms with van der Waals surface area (Å²) in [6.07, 6.45) is 1.63. The predicted molar refractivity (Wildman–Crippen MR) is 68.6 cm³/mol. The van der Waals surface area contributed by atoms with Gasteiger partial charge in [-0.1, -0.05) is 5.92 Å². The predicted octanol–water partition coefficient (Wildman–Crippen LogP) is 2.32. The summed E-state index contributed by atoms with van der Waals surface area (Å²) in [6.45, 7) is 7.73. The van der Waals surface area contributed by atoms with Crippen LogP contribution in [0.2, 0.25) is 0 Å². The fourth-order valence-electron chi connectivity index (χ4n) is 1.22. The molecule has 0 fully saturated rings. The first-order valence-corrected chi connectivity index (χ1v) is 5.53. The molecule has 0 bridgehead atoms. The van der Waals surface area contributed by atoms with E-state index in [-0.39, 0.29) is 11.4 Å². The van der Waals surface area contributed by atoms with Crippen molar-refractivity contribution in [2.24, 2.45) is 0 Å². The quantitative estimate of drug-likeness (QED) is 0.694. The van der Waals surface area contributed by atoms with Gasteiger partial charge in [0.1, 0.15) is 5.69 Å². The van der Waals surface area contributed by atoms with Gasteiger partial charge in [-0.2, -0.15) is 0 Å². The van der Waals surface area contributed by atoms with Gasteiger partial charge < -0.3 is 4.90 Å². The SMILES string of the molecule is CC#Cc1ccc(C(=O)N(C)C(C)(C)C)nc1. The number of hydrogen-bond acceptors (Lipinski definition) is 2. The van der Waals surface area contributed by atoms with E-state index in [1.165, 1.54) is 0 Å². The van der Waals surface area contributed by atoms with Gasteiger partial charge in [0.25, 0.3) is 5.91 Å². The molecular weight excluding hydrogens is 212 g/mol. The van der Waals surface area contributed by atoms with Crippen LogP contribution in [0.5, 0.6) is 0 Å². The van der Waals surface area contributed by atoms with Crippen LogP contribution in [-0.4, -0.2) is 28.4 Å². The van der Waals surface area contributed by atoms with Crippen molar-refractivity contribution in [1.82, 2.24) is 9.88 Å². The molecule has 0 aliphatic carbocycles. The summed E-state index contributed by atoms with van der Waals surface area (Å²) < 4.78 is 0. The third-order valence-electron chi connectivity index (χ3n) is 2.56. The molecule has 0 aromatic carbocycles. The second kappa shape index (κ2) is 5.01. The van der Waals surface area contributed by atoms with Crippen LogP contribution in [0.1, 0.15) is 43.7 Å². The maximum Gasteiger partial charge on any atom is 0.272 e. The fourth-order valence-corrected chi connectivity index (χ4v) is 1.22. The summed E-state index contributed by atoms with van der Waals surface area (Å²) in [5, 5.41) is 0. The molecule has 3 nitrogen and oxygen atoms in total. The van der Waals surface area contributed by atoms with Crippen molar-refractivity contribution in [3.63, 3.8) is 0 Å². The van der Waals surface area contributed by atoms with E-state index in [4.69, 9.17) is 0 Å². The molecule has 90 valence electrons. The Bertz CT molecular complexity index is 458. The van der Waals surface area contributed by atoms with E-state index < -0.39 is 0 Å². The van der Waals surface area contributed by atoms with Crippen LogP contribution in [0, 0.1) is 11.8 Å². The topological polar surface area (TPSA) is 33.2 Å². The number of amides is 1. The maximum absolute atomic E-state index is 12.1. The van der Waals surface area contributed by atoms with Crippen molar-refractivity contribution in [2.45, 2.75) is 33.2 Å². The Balaban J connectivity index is 2.93. The highest BCUT2D eigenvalue weighted by atomic mass is 16.2. The molecule has 3 heteroatoms. The average Bonchev–Trinajstić information content (AvgIpc) is 2.27. The van der Waals surface area contributed by atoms with E-state index in [1.54, 1.807) is 31.1 Å². The van der Waals surface area contributed by atoms with E-state index in [1.807, 2.05) is 26.8 Å². The van der Waals surface area contributed by atoms with Crippen LogP contribution in [0.25, 0.3) is 0 Å². The number of aromatic nitrogens is 1. The summed E-state index contributed by atoms with van der Waals surface area (Å²) in [5.74, 6) is 5.61. The summed E-state index contributed by atoms with van der Waals surface area (Å²) >= 11 is 0. The minimum Gasteiger partial charge on any atom is -0.336 e. The molecule has 0 aliphatic rings. The van der Waals surface area contributed by atoms with Crippen molar-refractivity contribution < 1.29 is 4.79 Å². The first-order chi connectivity index (χ1) is 7.86. The molecular formula is C14H18N2O. The second-order valence-corrected chi connectivity index (χ2v) is 4.84. The maximum atomic E-state index is 12.1. The lowest BCUT2D eigenvalue weighted by atomic mass is 10.1. The molecule has 1 heterocycles. The third kappa shape index (κ3) is 3.32. The molecule has 17 heavy (non-hydrogen) atoms. The van der Waals surface area contributed by atoms with Crippen LogP contribution in [0.15, 0.2) is 18.3 Å². The largest absolute Gasteiger partial charge is 0.336 e. The third-order valence-corrected chi connectivity index (χ3v) is 2.56. The normalized spacial score (nSPS) is 10.4. The van der Waals surface area contributed by atoms with E-state index in [2.05, 4.69) is 16.8 Å². The number of carbonyl (C=O) groups excluding carboxylic acids is 1. The highest BCUT2D eigenvalue weighted by Gasteiger charge is 2.23. The first kappa shape index (κ1) is 13.2. The Kier molecular flexibility index (Phi) is 3.90. The molecule has 1 aromatic rings. The zero-order valence-corrected chi connectivity index (χ0v) is 11.0. The molecule has 1 amide bonds. The second-order valence-electron chi connectivity index (χ2n) is 4.84. The Morgan fingerprint density at radius 3 is 2.41 bits per heavy atom. The van der Waals surface area contributed by atoms with Gasteiger partial charge in [0, 0.05) is 24.3 Å². The van der Waals surface area contributed by atoms with Crippen molar-refractivity contribution in [3.05, 3.63) is 29.6 Å². The van der Waals surface area contributed by atoms with Crippen LogP contribution in [-0.2, 0) is 0 Å². The lowest BCUT2D eigenvalue weighted by Gasteiger charge is -2.31. The molecule has 0 radical (unpaired) electrons. The molecule has 0 spiro atoms. The lowest BCUT2D eigenvalue weighted by Crippen LogP contribution is -2.42. The van der Waals surface area contributed by atoms with Crippen LogP contribution < -0.4 is 0 Å². The van der Waals surface area contributed by atoms with Gasteiger partial charge in [-0.05, 0) is 39.8 Å². The molecule has 0 saturated heterocycles. The first-order valence-electron chi connectivity index (χ1n) is 5.53. The van der Waals surface area contributed by atoms with Crippen molar-refractivity contribution in [2.75, 3.05) is 7.05 Å². The zero-order valence-electron chi connectivity index (χ0n) is 11.0. The molecule has 0 unspecified atom stereocenters. The van der Waals surface area contributed by atoms with Gasteiger partial charge in [-0.3, -0.25) is 4.79 Å². The molecule has 0 N–H and O–H groups in total. The molecule has 1 rings (SSSR count). The number of nitrogens with zero attached hydrogens (tertiary/aromatic N) is 2. The van der Waals surface area contributed by atoms with Crippen molar-refractivity contribution in [1.29, 1.82) is 0 Å². The lowest BCUT2D eigenvalue weighted by molar-refractivity contribution is 0.0649. The van der Waals surface area contributed by atoms with Gasteiger partial charge in [-0.25, -0.2) is 4.98 Å². The fraction of sp³-hybridized carbons (Fsp3) is 0.429. The standard InChI is InChI=1S/C14H18N2O/c1-6-7-11-8-9-12(15-10-11)13(17)16(5)14(2,3)4/h8-10H,1-5H3. The van der Waals surface area contributed by atoms with Crippen LogP contribution >= 0.6 is 0 Å². The Morgan fingerprint density at radius 2 is 2.00 bits per heavy atom. The number of pyridine rings is 1. The molecule has 1 aromatic heterocycles. The molecule has 0 aliphatic heterocycles. The van der Waals surface area contributed by atoms with Gasteiger partial charge in [0.2, 0.25) is 0 Å². The van der Waals surface area contributed by atoms with Gasteiger partial charge in [0.05, 0.1) is 0 Å². The number of hydrogen-bond donors (Lipinski definition) is 0. The van der Waals surface area contributed by atoms with Gasteiger partial charge in [-0.15, -0.1) is 5.92 Å². The van der Waals surface area contributed by atoms with E-state index in [0.717, 1.165) is 5.56 Å². The Labute approximate surface area is 103 Å². The summed E-state index contributed by atoms with van der Waals surface area (Å²) in [4.78, 5) is 17.9. The monoisotopic (exact) mass is 230 g/mol. The summed E-state index contributed by atoms with van der Waals surface area (Å²) in [6, 6.07) is 3.53. The molecule has 0 atom stereocenters. The van der Waals surface area contributed by atoms with E-state index in [9.17, 15) is 4.79 Å². The summed E-state index contributed by atoms with van der Waals surface area (Å²) in [5.41, 5.74) is 1.06. The highest BCUT2D eigenvalue weighted by molar-refractivity contribution is 5.92. The van der Waals surface area contributed by atoms with Crippen molar-refractivity contribution in [3.8, 4) is 11.8 Å². The van der Waals surface area contributed by atoms with Crippen LogP contribution in [0.4, 0.5) is 0 Å². The minimum atomic E-state index is -0.208.